The highest BCUT2D eigenvalue weighted by molar-refractivity contribution is 6.00. The van der Waals surface area contributed by atoms with Crippen LogP contribution in [0.5, 0.6) is 11.5 Å². The third-order valence-electron chi connectivity index (χ3n) is 3.36. The summed E-state index contributed by atoms with van der Waals surface area (Å²) in [5, 5.41) is 7.33. The molecule has 0 aliphatic heterocycles. The Balaban J connectivity index is 1.73. The lowest BCUT2D eigenvalue weighted by molar-refractivity contribution is -0.122. The van der Waals surface area contributed by atoms with Crippen molar-refractivity contribution in [1.29, 1.82) is 0 Å². The number of methoxy groups -OCH3 is 1. The lowest BCUT2D eigenvalue weighted by Crippen LogP contribution is -2.30. The molecule has 6 nitrogen and oxygen atoms in total. The fraction of sp³-hybridized carbons (Fsp3) is 0.176. The van der Waals surface area contributed by atoms with Crippen LogP contribution in [0.3, 0.4) is 0 Å². The molecule has 1 N–H and O–H groups in total. The van der Waals surface area contributed by atoms with Crippen molar-refractivity contribution in [3.63, 3.8) is 0 Å². The molecule has 3 rings (SSSR count). The zero-order valence-electron chi connectivity index (χ0n) is 12.8. The average Bonchev–Trinajstić information content (AvgIpc) is 2.98. The Morgan fingerprint density at radius 1 is 1.13 bits per heavy atom. The molecule has 1 atom stereocenters. The highest BCUT2D eigenvalue weighted by Gasteiger charge is 2.19. The molecule has 2 aromatic carbocycles. The largest absolute Gasteiger partial charge is 0.493 e. The predicted octanol–water partition coefficient (Wildman–Crippen LogP) is 3.24. The first kappa shape index (κ1) is 14.9. The summed E-state index contributed by atoms with van der Waals surface area (Å²) in [4.78, 5) is 12.3. The Labute approximate surface area is 133 Å². The molecule has 0 fully saturated rings. The minimum atomic E-state index is -0.721. The molecular weight excluding hydrogens is 296 g/mol. The van der Waals surface area contributed by atoms with E-state index in [0.717, 1.165) is 5.39 Å². The first-order chi connectivity index (χ1) is 11.2. The fourth-order valence-corrected chi connectivity index (χ4v) is 2.15. The molecule has 0 aliphatic carbocycles. The zero-order valence-corrected chi connectivity index (χ0v) is 12.8. The monoisotopic (exact) mass is 312 g/mol. The minimum Gasteiger partial charge on any atom is -0.493 e. The van der Waals surface area contributed by atoms with Gasteiger partial charge in [0.25, 0.3) is 5.91 Å². The molecular formula is C17H16N2O4. The maximum absolute atomic E-state index is 12.3. The summed E-state index contributed by atoms with van der Waals surface area (Å²) in [5.41, 5.74) is 0.612. The van der Waals surface area contributed by atoms with E-state index in [9.17, 15) is 4.79 Å². The molecule has 0 radical (unpaired) electrons. The van der Waals surface area contributed by atoms with Crippen LogP contribution in [0.4, 0.5) is 5.82 Å². The van der Waals surface area contributed by atoms with Crippen molar-refractivity contribution in [3.8, 4) is 11.5 Å². The molecule has 1 heterocycles. The van der Waals surface area contributed by atoms with E-state index in [-0.39, 0.29) is 5.91 Å². The summed E-state index contributed by atoms with van der Waals surface area (Å²) >= 11 is 0. The van der Waals surface area contributed by atoms with Crippen LogP contribution in [0, 0.1) is 0 Å². The summed E-state index contributed by atoms with van der Waals surface area (Å²) in [6, 6.07) is 14.5. The van der Waals surface area contributed by atoms with Gasteiger partial charge in [0.05, 0.1) is 12.5 Å². The second kappa shape index (κ2) is 6.39. The maximum Gasteiger partial charge on any atom is 0.266 e. The number of nitrogens with one attached hydrogen (secondary N) is 1. The number of aromatic nitrogens is 1. The molecule has 3 aromatic rings. The number of anilines is 1. The first-order valence-corrected chi connectivity index (χ1v) is 7.14. The van der Waals surface area contributed by atoms with E-state index in [2.05, 4.69) is 10.5 Å². The number of para-hydroxylation sites is 3. The van der Waals surface area contributed by atoms with Gasteiger partial charge < -0.3 is 19.3 Å². The van der Waals surface area contributed by atoms with Gasteiger partial charge in [-0.15, -0.1) is 0 Å². The zero-order chi connectivity index (χ0) is 16.2. The highest BCUT2D eigenvalue weighted by Crippen LogP contribution is 2.27. The Morgan fingerprint density at radius 3 is 2.61 bits per heavy atom. The molecule has 0 bridgehead atoms. The molecule has 0 unspecified atom stereocenters. The number of hydrogen-bond donors (Lipinski definition) is 1. The smallest absolute Gasteiger partial charge is 0.266 e. The van der Waals surface area contributed by atoms with Gasteiger partial charge in [-0.3, -0.25) is 4.79 Å². The van der Waals surface area contributed by atoms with Gasteiger partial charge in [0.15, 0.2) is 29.0 Å². The quantitative estimate of drug-likeness (QED) is 0.783. The Morgan fingerprint density at radius 2 is 1.83 bits per heavy atom. The summed E-state index contributed by atoms with van der Waals surface area (Å²) in [5.74, 6) is 1.12. The fourth-order valence-electron chi connectivity index (χ4n) is 2.15. The Kier molecular flexibility index (Phi) is 4.14. The summed E-state index contributed by atoms with van der Waals surface area (Å²) in [7, 11) is 1.55. The van der Waals surface area contributed by atoms with Crippen LogP contribution in [0.25, 0.3) is 11.0 Å². The van der Waals surface area contributed by atoms with Crippen LogP contribution in [-0.2, 0) is 4.79 Å². The number of hydrogen-bond acceptors (Lipinski definition) is 5. The third kappa shape index (κ3) is 3.11. The molecule has 118 valence electrons. The molecule has 0 saturated heterocycles. The average molecular weight is 312 g/mol. The lowest BCUT2D eigenvalue weighted by Gasteiger charge is -2.15. The van der Waals surface area contributed by atoms with Gasteiger partial charge in [0.1, 0.15) is 0 Å². The molecule has 6 heteroatoms. The molecule has 1 aromatic heterocycles. The van der Waals surface area contributed by atoms with Crippen molar-refractivity contribution in [2.75, 3.05) is 12.4 Å². The molecule has 1 amide bonds. The molecule has 0 aliphatic rings. The number of fused-ring (bicyclic) bond motifs is 1. The minimum absolute atomic E-state index is 0.324. The number of carbonyl (C=O) groups is 1. The number of ether oxygens (including phenoxy) is 2. The van der Waals surface area contributed by atoms with Gasteiger partial charge in [-0.1, -0.05) is 29.4 Å². The van der Waals surface area contributed by atoms with Crippen molar-refractivity contribution in [1.82, 2.24) is 5.16 Å². The number of rotatable bonds is 5. The van der Waals surface area contributed by atoms with Crippen LogP contribution in [0.15, 0.2) is 53.1 Å². The SMILES string of the molecule is COc1ccccc1O[C@H](C)C(=O)Nc1noc2ccccc12. The van der Waals surface area contributed by atoms with Gasteiger partial charge in [0, 0.05) is 0 Å². The highest BCUT2D eigenvalue weighted by atomic mass is 16.5. The van der Waals surface area contributed by atoms with Gasteiger partial charge >= 0.3 is 0 Å². The Hall–Kier alpha value is -3.02. The Bertz CT molecular complexity index is 828. The van der Waals surface area contributed by atoms with E-state index in [1.165, 1.54) is 0 Å². The van der Waals surface area contributed by atoms with Crippen LogP contribution in [0.2, 0.25) is 0 Å². The van der Waals surface area contributed by atoms with Gasteiger partial charge in [0.2, 0.25) is 0 Å². The van der Waals surface area contributed by atoms with E-state index in [1.807, 2.05) is 30.3 Å². The third-order valence-corrected chi connectivity index (χ3v) is 3.36. The van der Waals surface area contributed by atoms with E-state index in [1.54, 1.807) is 32.2 Å². The van der Waals surface area contributed by atoms with Crippen molar-refractivity contribution < 1.29 is 18.8 Å². The van der Waals surface area contributed by atoms with Crippen molar-refractivity contribution in [2.24, 2.45) is 0 Å². The van der Waals surface area contributed by atoms with E-state index < -0.39 is 6.10 Å². The maximum atomic E-state index is 12.3. The number of carbonyl (C=O) groups excluding carboxylic acids is 1. The van der Waals surface area contributed by atoms with E-state index in [4.69, 9.17) is 14.0 Å². The molecule has 23 heavy (non-hydrogen) atoms. The van der Waals surface area contributed by atoms with Gasteiger partial charge in [-0.05, 0) is 31.2 Å². The topological polar surface area (TPSA) is 73.6 Å². The predicted molar refractivity (Wildman–Crippen MR) is 85.7 cm³/mol. The van der Waals surface area contributed by atoms with Crippen molar-refractivity contribution in [3.05, 3.63) is 48.5 Å². The summed E-state index contributed by atoms with van der Waals surface area (Å²) < 4.78 is 16.0. The normalized spacial score (nSPS) is 11.9. The first-order valence-electron chi connectivity index (χ1n) is 7.14. The number of benzene rings is 2. The molecule has 0 spiro atoms. The number of nitrogens with zero attached hydrogens (tertiary/aromatic N) is 1. The second-order valence-corrected chi connectivity index (χ2v) is 4.93. The van der Waals surface area contributed by atoms with Crippen molar-refractivity contribution in [2.45, 2.75) is 13.0 Å². The van der Waals surface area contributed by atoms with Crippen LogP contribution in [0.1, 0.15) is 6.92 Å². The van der Waals surface area contributed by atoms with Crippen LogP contribution in [-0.4, -0.2) is 24.3 Å². The van der Waals surface area contributed by atoms with Crippen LogP contribution < -0.4 is 14.8 Å². The standard InChI is InChI=1S/C17H16N2O4/c1-11(22-15-10-6-5-9-14(15)21-2)17(20)18-16-12-7-3-4-8-13(12)23-19-16/h3-11H,1-2H3,(H,18,19,20)/t11-/m1/s1. The van der Waals surface area contributed by atoms with Gasteiger partial charge in [-0.2, -0.15) is 0 Å². The molecule has 0 saturated carbocycles. The number of amides is 1. The lowest BCUT2D eigenvalue weighted by atomic mass is 10.2. The second-order valence-electron chi connectivity index (χ2n) is 4.93. The summed E-state index contributed by atoms with van der Waals surface area (Å²) in [6.07, 6.45) is -0.721. The van der Waals surface area contributed by atoms with Crippen LogP contribution >= 0.6 is 0 Å². The summed E-state index contributed by atoms with van der Waals surface area (Å²) in [6.45, 7) is 1.66. The van der Waals surface area contributed by atoms with Crippen molar-refractivity contribution >= 4 is 22.7 Å². The van der Waals surface area contributed by atoms with E-state index >= 15 is 0 Å². The van der Waals surface area contributed by atoms with Gasteiger partial charge in [-0.25, -0.2) is 0 Å². The van der Waals surface area contributed by atoms with E-state index in [0.29, 0.717) is 22.9 Å².